The molecule has 0 saturated heterocycles. The zero-order valence-corrected chi connectivity index (χ0v) is 10.2. The summed E-state index contributed by atoms with van der Waals surface area (Å²) in [7, 11) is -3.49. The monoisotopic (exact) mass is 248 g/mol. The lowest BCUT2D eigenvalue weighted by Gasteiger charge is -2.04. The van der Waals surface area contributed by atoms with Crippen LogP contribution in [-0.2, 0) is 10.0 Å². The third kappa shape index (κ3) is 3.92. The number of rotatable bonds is 4. The molecule has 0 heterocycles. The summed E-state index contributed by atoms with van der Waals surface area (Å²) in [5.74, 6) is 5.46. The van der Waals surface area contributed by atoms with Crippen LogP contribution >= 0.6 is 0 Å². The highest BCUT2D eigenvalue weighted by molar-refractivity contribution is 7.89. The van der Waals surface area contributed by atoms with Gasteiger partial charge in [-0.05, 0) is 31.2 Å². The molecule has 17 heavy (non-hydrogen) atoms. The first kappa shape index (κ1) is 13.2. The highest BCUT2D eigenvalue weighted by atomic mass is 32.2. The molecule has 88 valence electrons. The SMILES string of the molecule is CC#CCCNS(=O)(=O)c1ccc(C#N)cc1. The summed E-state index contributed by atoms with van der Waals surface area (Å²) < 4.78 is 25.9. The summed E-state index contributed by atoms with van der Waals surface area (Å²) >= 11 is 0. The van der Waals surface area contributed by atoms with Crippen molar-refractivity contribution in [3.8, 4) is 17.9 Å². The predicted molar refractivity (Wildman–Crippen MR) is 64.4 cm³/mol. The van der Waals surface area contributed by atoms with E-state index in [0.717, 1.165) is 0 Å². The van der Waals surface area contributed by atoms with E-state index >= 15 is 0 Å². The Balaban J connectivity index is 2.75. The summed E-state index contributed by atoms with van der Waals surface area (Å²) in [5.41, 5.74) is 0.431. The minimum absolute atomic E-state index is 0.154. The number of benzene rings is 1. The number of nitriles is 1. The Morgan fingerprint density at radius 1 is 1.29 bits per heavy atom. The fourth-order valence-corrected chi connectivity index (χ4v) is 2.20. The maximum absolute atomic E-state index is 11.8. The second kappa shape index (κ2) is 6.05. The van der Waals surface area contributed by atoms with E-state index in [4.69, 9.17) is 5.26 Å². The Hall–Kier alpha value is -1.82. The fourth-order valence-electron chi connectivity index (χ4n) is 1.16. The summed E-state index contributed by atoms with van der Waals surface area (Å²) in [4.78, 5) is 0.154. The Morgan fingerprint density at radius 3 is 2.47 bits per heavy atom. The minimum atomic E-state index is -3.49. The van der Waals surface area contributed by atoms with Crippen molar-refractivity contribution < 1.29 is 8.42 Å². The van der Waals surface area contributed by atoms with Gasteiger partial charge in [-0.3, -0.25) is 0 Å². The molecule has 4 nitrogen and oxygen atoms in total. The first-order valence-corrected chi connectivity index (χ1v) is 6.48. The van der Waals surface area contributed by atoms with E-state index in [1.165, 1.54) is 24.3 Å². The molecule has 0 radical (unpaired) electrons. The number of nitrogens with one attached hydrogen (secondary N) is 1. The van der Waals surface area contributed by atoms with E-state index in [9.17, 15) is 8.42 Å². The second-order valence-electron chi connectivity index (χ2n) is 3.21. The first-order valence-electron chi connectivity index (χ1n) is 4.99. The first-order chi connectivity index (χ1) is 8.10. The van der Waals surface area contributed by atoms with Gasteiger partial charge in [0.25, 0.3) is 0 Å². The topological polar surface area (TPSA) is 70.0 Å². The Morgan fingerprint density at radius 2 is 1.94 bits per heavy atom. The smallest absolute Gasteiger partial charge is 0.210 e. The van der Waals surface area contributed by atoms with Crippen molar-refractivity contribution in [3.63, 3.8) is 0 Å². The van der Waals surface area contributed by atoms with Gasteiger partial charge >= 0.3 is 0 Å². The number of hydrogen-bond acceptors (Lipinski definition) is 3. The van der Waals surface area contributed by atoms with Crippen molar-refractivity contribution in [1.82, 2.24) is 4.72 Å². The van der Waals surface area contributed by atoms with Crippen LogP contribution in [0.15, 0.2) is 29.2 Å². The lowest BCUT2D eigenvalue weighted by atomic mass is 10.2. The van der Waals surface area contributed by atoms with Gasteiger partial charge in [0, 0.05) is 13.0 Å². The average molecular weight is 248 g/mol. The normalized spacial score (nSPS) is 10.1. The molecule has 1 N–H and O–H groups in total. The molecular weight excluding hydrogens is 236 g/mol. The molecule has 1 aromatic rings. The molecule has 0 atom stereocenters. The van der Waals surface area contributed by atoms with Gasteiger partial charge in [0.15, 0.2) is 0 Å². The van der Waals surface area contributed by atoms with Crippen LogP contribution < -0.4 is 4.72 Å². The largest absolute Gasteiger partial charge is 0.240 e. The molecule has 0 amide bonds. The molecule has 0 aliphatic rings. The van der Waals surface area contributed by atoms with Crippen LogP contribution in [0.25, 0.3) is 0 Å². The number of nitrogens with zero attached hydrogens (tertiary/aromatic N) is 1. The number of sulfonamides is 1. The van der Waals surface area contributed by atoms with E-state index in [0.29, 0.717) is 12.0 Å². The van der Waals surface area contributed by atoms with Crippen LogP contribution in [0, 0.1) is 23.2 Å². The van der Waals surface area contributed by atoms with Crippen molar-refractivity contribution in [2.24, 2.45) is 0 Å². The van der Waals surface area contributed by atoms with Crippen molar-refractivity contribution in [2.75, 3.05) is 6.54 Å². The molecule has 0 saturated carbocycles. The zero-order chi connectivity index (χ0) is 12.7. The van der Waals surface area contributed by atoms with Gasteiger partial charge in [-0.1, -0.05) is 0 Å². The number of hydrogen-bond donors (Lipinski definition) is 1. The van der Waals surface area contributed by atoms with Gasteiger partial charge in [0.1, 0.15) is 0 Å². The van der Waals surface area contributed by atoms with Gasteiger partial charge < -0.3 is 0 Å². The zero-order valence-electron chi connectivity index (χ0n) is 9.40. The molecule has 0 aliphatic heterocycles. The summed E-state index contributed by atoms with van der Waals surface area (Å²) in [6, 6.07) is 7.70. The van der Waals surface area contributed by atoms with Crippen LogP contribution in [0.3, 0.4) is 0 Å². The van der Waals surface area contributed by atoms with E-state index < -0.39 is 10.0 Å². The van der Waals surface area contributed by atoms with Gasteiger partial charge in [-0.2, -0.15) is 5.26 Å². The summed E-state index contributed by atoms with van der Waals surface area (Å²) in [6.45, 7) is 1.98. The second-order valence-corrected chi connectivity index (χ2v) is 4.98. The highest BCUT2D eigenvalue weighted by Crippen LogP contribution is 2.09. The average Bonchev–Trinajstić information content (AvgIpc) is 2.35. The van der Waals surface area contributed by atoms with Crippen molar-refractivity contribution in [3.05, 3.63) is 29.8 Å². The maximum atomic E-state index is 11.8. The Kier molecular flexibility index (Phi) is 4.71. The molecule has 5 heteroatoms. The van der Waals surface area contributed by atoms with Crippen LogP contribution in [0.5, 0.6) is 0 Å². The molecular formula is C12H12N2O2S. The predicted octanol–water partition coefficient (Wildman–Crippen LogP) is 1.25. The van der Waals surface area contributed by atoms with Crippen LogP contribution in [0.4, 0.5) is 0 Å². The fraction of sp³-hybridized carbons (Fsp3) is 0.250. The third-order valence-corrected chi connectivity index (χ3v) is 3.49. The Bertz CT molecular complexity index is 572. The minimum Gasteiger partial charge on any atom is -0.210 e. The summed E-state index contributed by atoms with van der Waals surface area (Å²) in [6.07, 6.45) is 0.478. The Labute approximate surface area is 101 Å². The van der Waals surface area contributed by atoms with Gasteiger partial charge in [0.05, 0.1) is 16.5 Å². The van der Waals surface area contributed by atoms with Crippen molar-refractivity contribution >= 4 is 10.0 Å². The van der Waals surface area contributed by atoms with Crippen LogP contribution in [0.2, 0.25) is 0 Å². The van der Waals surface area contributed by atoms with Crippen molar-refractivity contribution in [1.29, 1.82) is 5.26 Å². The van der Waals surface area contributed by atoms with Gasteiger partial charge in [-0.25, -0.2) is 13.1 Å². The van der Waals surface area contributed by atoms with Gasteiger partial charge in [0.2, 0.25) is 10.0 Å². The molecule has 0 aliphatic carbocycles. The quantitative estimate of drug-likeness (QED) is 0.644. The van der Waals surface area contributed by atoms with E-state index in [1.807, 2.05) is 6.07 Å². The molecule has 0 spiro atoms. The van der Waals surface area contributed by atoms with Crippen LogP contribution in [-0.4, -0.2) is 15.0 Å². The molecule has 0 aromatic heterocycles. The standard InChI is InChI=1S/C12H12N2O2S/c1-2-3-4-9-14-17(15,16)12-7-5-11(10-13)6-8-12/h5-8,14H,4,9H2,1H3. The highest BCUT2D eigenvalue weighted by Gasteiger charge is 2.12. The van der Waals surface area contributed by atoms with Crippen LogP contribution in [0.1, 0.15) is 18.9 Å². The van der Waals surface area contributed by atoms with E-state index in [2.05, 4.69) is 16.6 Å². The molecule has 0 unspecified atom stereocenters. The molecule has 0 bridgehead atoms. The van der Waals surface area contributed by atoms with Gasteiger partial charge in [-0.15, -0.1) is 11.8 Å². The van der Waals surface area contributed by atoms with E-state index in [-0.39, 0.29) is 11.4 Å². The maximum Gasteiger partial charge on any atom is 0.240 e. The lowest BCUT2D eigenvalue weighted by Crippen LogP contribution is -2.24. The molecule has 0 fully saturated rings. The molecule has 1 rings (SSSR count). The van der Waals surface area contributed by atoms with Crippen molar-refractivity contribution in [2.45, 2.75) is 18.2 Å². The summed E-state index contributed by atoms with van der Waals surface area (Å²) in [5, 5.41) is 8.60. The third-order valence-electron chi connectivity index (χ3n) is 2.01. The molecule has 1 aromatic carbocycles. The van der Waals surface area contributed by atoms with E-state index in [1.54, 1.807) is 6.92 Å². The lowest BCUT2D eigenvalue weighted by molar-refractivity contribution is 0.582.